The van der Waals surface area contributed by atoms with Gasteiger partial charge in [0.05, 0.1) is 18.7 Å². The zero-order valence-electron chi connectivity index (χ0n) is 20.4. The van der Waals surface area contributed by atoms with Crippen molar-refractivity contribution >= 4 is 16.6 Å². The highest BCUT2D eigenvalue weighted by Gasteiger charge is 2.46. The van der Waals surface area contributed by atoms with Crippen molar-refractivity contribution in [2.24, 2.45) is 5.73 Å². The standard InChI is InChI=1S/C26H26F4N6O2/c27-19-11-15-1-3-20(32-21(15)12-22(19)38-18-6-9-37-10-7-18)25-34-33-23-4-2-16(13-36(23)25)24(26(28,29)30)35-8-5-17(31)14-35/h1-4,11-13,17-18,24H,5-10,14,31H2. The van der Waals surface area contributed by atoms with E-state index >= 15 is 0 Å². The molecule has 8 nitrogen and oxygen atoms in total. The van der Waals surface area contributed by atoms with Gasteiger partial charge >= 0.3 is 6.18 Å². The Morgan fingerprint density at radius 3 is 2.61 bits per heavy atom. The summed E-state index contributed by atoms with van der Waals surface area (Å²) in [6.07, 6.45) is -1.39. The summed E-state index contributed by atoms with van der Waals surface area (Å²) in [5.41, 5.74) is 7.20. The minimum atomic E-state index is -4.49. The molecular formula is C26H26F4N6O2. The number of nitrogens with zero attached hydrogens (tertiary/aromatic N) is 5. The van der Waals surface area contributed by atoms with Crippen LogP contribution in [-0.2, 0) is 4.74 Å². The summed E-state index contributed by atoms with van der Waals surface area (Å²) in [7, 11) is 0. The molecule has 0 spiro atoms. The van der Waals surface area contributed by atoms with Crippen LogP contribution in [0.3, 0.4) is 0 Å². The van der Waals surface area contributed by atoms with E-state index in [1.54, 1.807) is 12.1 Å². The Hall–Kier alpha value is -3.35. The number of likely N-dealkylation sites (tertiary alicyclic amines) is 1. The molecule has 200 valence electrons. The van der Waals surface area contributed by atoms with Crippen LogP contribution in [0.4, 0.5) is 17.6 Å². The Kier molecular flexibility index (Phi) is 6.40. The van der Waals surface area contributed by atoms with Crippen LogP contribution in [0, 0.1) is 5.82 Å². The maximum Gasteiger partial charge on any atom is 0.408 e. The number of hydrogen-bond donors (Lipinski definition) is 1. The fourth-order valence-corrected chi connectivity index (χ4v) is 5.21. The van der Waals surface area contributed by atoms with Gasteiger partial charge in [-0.2, -0.15) is 13.2 Å². The molecule has 5 heterocycles. The lowest BCUT2D eigenvalue weighted by Gasteiger charge is -2.30. The van der Waals surface area contributed by atoms with Gasteiger partial charge in [-0.3, -0.25) is 9.30 Å². The molecule has 2 unspecified atom stereocenters. The molecule has 1 aromatic carbocycles. The number of alkyl halides is 3. The number of ether oxygens (including phenoxy) is 2. The zero-order chi connectivity index (χ0) is 26.4. The van der Waals surface area contributed by atoms with Crippen molar-refractivity contribution in [2.75, 3.05) is 26.3 Å². The Balaban J connectivity index is 1.37. The highest BCUT2D eigenvalue weighted by atomic mass is 19.4. The van der Waals surface area contributed by atoms with Gasteiger partial charge in [-0.05, 0) is 30.2 Å². The van der Waals surface area contributed by atoms with E-state index in [2.05, 4.69) is 15.2 Å². The molecule has 38 heavy (non-hydrogen) atoms. The summed E-state index contributed by atoms with van der Waals surface area (Å²) >= 11 is 0. The second kappa shape index (κ2) is 9.75. The van der Waals surface area contributed by atoms with Crippen LogP contribution in [0.2, 0.25) is 0 Å². The molecule has 0 bridgehead atoms. The van der Waals surface area contributed by atoms with E-state index in [0.29, 0.717) is 54.7 Å². The van der Waals surface area contributed by atoms with E-state index in [4.69, 9.17) is 15.2 Å². The van der Waals surface area contributed by atoms with Crippen LogP contribution in [-0.4, -0.2) is 69.1 Å². The Morgan fingerprint density at radius 2 is 1.87 bits per heavy atom. The van der Waals surface area contributed by atoms with Gasteiger partial charge in [0.15, 0.2) is 23.0 Å². The maximum atomic E-state index is 14.7. The third-order valence-electron chi connectivity index (χ3n) is 7.11. The minimum absolute atomic E-state index is 0.0650. The van der Waals surface area contributed by atoms with Gasteiger partial charge in [0, 0.05) is 49.6 Å². The molecule has 0 amide bonds. The SMILES string of the molecule is NC1CCN(C(c2ccc3nnc(-c4ccc5cc(F)c(OC6CCOCC6)cc5n4)n3c2)C(F)(F)F)C1. The lowest BCUT2D eigenvalue weighted by atomic mass is 10.1. The van der Waals surface area contributed by atoms with Gasteiger partial charge < -0.3 is 15.2 Å². The first-order valence-electron chi connectivity index (χ1n) is 12.5. The minimum Gasteiger partial charge on any atom is -0.487 e. The zero-order valence-corrected chi connectivity index (χ0v) is 20.4. The first-order chi connectivity index (χ1) is 18.3. The van der Waals surface area contributed by atoms with Gasteiger partial charge in [0.25, 0.3) is 0 Å². The molecule has 3 aromatic heterocycles. The molecule has 4 aromatic rings. The average molecular weight is 531 g/mol. The van der Waals surface area contributed by atoms with E-state index < -0.39 is 18.0 Å². The molecule has 2 aliphatic rings. The number of hydrogen-bond acceptors (Lipinski definition) is 7. The van der Waals surface area contributed by atoms with E-state index in [-0.39, 0.29) is 42.4 Å². The van der Waals surface area contributed by atoms with E-state index in [9.17, 15) is 17.6 Å². The lowest BCUT2D eigenvalue weighted by molar-refractivity contribution is -0.183. The van der Waals surface area contributed by atoms with Crippen molar-refractivity contribution < 1.29 is 27.0 Å². The molecule has 12 heteroatoms. The summed E-state index contributed by atoms with van der Waals surface area (Å²) in [4.78, 5) is 5.99. The Bertz CT molecular complexity index is 1470. The third kappa shape index (κ3) is 4.79. The summed E-state index contributed by atoms with van der Waals surface area (Å²) in [5.74, 6) is -0.116. The van der Waals surface area contributed by atoms with Crippen LogP contribution >= 0.6 is 0 Å². The lowest BCUT2D eigenvalue weighted by Crippen LogP contribution is -2.38. The van der Waals surface area contributed by atoms with E-state index in [1.807, 2.05) is 0 Å². The number of benzene rings is 1. The number of aromatic nitrogens is 4. The second-order valence-corrected chi connectivity index (χ2v) is 9.80. The molecule has 0 radical (unpaired) electrons. The van der Waals surface area contributed by atoms with Gasteiger partial charge in [-0.15, -0.1) is 10.2 Å². The molecular weight excluding hydrogens is 504 g/mol. The van der Waals surface area contributed by atoms with Gasteiger partial charge in [0.1, 0.15) is 17.8 Å². The van der Waals surface area contributed by atoms with Crippen molar-refractivity contribution in [1.29, 1.82) is 0 Å². The van der Waals surface area contributed by atoms with Gasteiger partial charge in [-0.1, -0.05) is 12.1 Å². The summed E-state index contributed by atoms with van der Waals surface area (Å²) in [5, 5.41) is 8.87. The van der Waals surface area contributed by atoms with Crippen molar-refractivity contribution in [3.8, 4) is 17.3 Å². The largest absolute Gasteiger partial charge is 0.487 e. The Morgan fingerprint density at radius 1 is 1.05 bits per heavy atom. The molecule has 0 saturated carbocycles. The Labute approximate surface area is 215 Å². The number of pyridine rings is 2. The summed E-state index contributed by atoms with van der Waals surface area (Å²) in [6, 6.07) is 7.07. The molecule has 2 saturated heterocycles. The molecule has 2 aliphatic heterocycles. The normalized spacial score (nSPS) is 20.4. The smallest absolute Gasteiger partial charge is 0.408 e. The molecule has 2 N–H and O–H groups in total. The molecule has 2 fully saturated rings. The van der Waals surface area contributed by atoms with Crippen LogP contribution in [0.5, 0.6) is 5.75 Å². The van der Waals surface area contributed by atoms with Crippen LogP contribution in [0.1, 0.15) is 30.9 Å². The first-order valence-corrected chi connectivity index (χ1v) is 12.5. The van der Waals surface area contributed by atoms with Gasteiger partial charge in [0.2, 0.25) is 0 Å². The topological polar surface area (TPSA) is 90.8 Å². The van der Waals surface area contributed by atoms with Crippen molar-refractivity contribution in [2.45, 2.75) is 43.6 Å². The van der Waals surface area contributed by atoms with E-state index in [1.165, 1.54) is 39.8 Å². The predicted octanol–water partition coefficient (Wildman–Crippen LogP) is 4.28. The van der Waals surface area contributed by atoms with Crippen LogP contribution < -0.4 is 10.5 Å². The number of rotatable bonds is 5. The first kappa shape index (κ1) is 25.0. The van der Waals surface area contributed by atoms with Crippen LogP contribution in [0.25, 0.3) is 28.1 Å². The maximum absolute atomic E-state index is 14.7. The number of fused-ring (bicyclic) bond motifs is 2. The number of nitrogens with two attached hydrogens (primary N) is 1. The van der Waals surface area contributed by atoms with E-state index in [0.717, 1.165) is 0 Å². The highest BCUT2D eigenvalue weighted by Crippen LogP contribution is 2.39. The fraction of sp³-hybridized carbons (Fsp3) is 0.423. The van der Waals surface area contributed by atoms with Crippen LogP contribution in [0.15, 0.2) is 42.6 Å². The second-order valence-electron chi connectivity index (χ2n) is 9.80. The summed E-state index contributed by atoms with van der Waals surface area (Å²) in [6.45, 7) is 1.55. The highest BCUT2D eigenvalue weighted by molar-refractivity contribution is 5.82. The molecule has 6 rings (SSSR count). The van der Waals surface area contributed by atoms with Crippen molar-refractivity contribution in [1.82, 2.24) is 24.5 Å². The quantitative estimate of drug-likeness (QED) is 0.385. The molecule has 0 aliphatic carbocycles. The summed E-state index contributed by atoms with van der Waals surface area (Å²) < 4.78 is 69.9. The fourth-order valence-electron chi connectivity index (χ4n) is 5.21. The van der Waals surface area contributed by atoms with Gasteiger partial charge in [-0.25, -0.2) is 9.37 Å². The monoisotopic (exact) mass is 530 g/mol. The average Bonchev–Trinajstić information content (AvgIpc) is 3.50. The van der Waals surface area contributed by atoms with Crippen molar-refractivity contribution in [3.05, 3.63) is 54.0 Å². The molecule has 2 atom stereocenters. The van der Waals surface area contributed by atoms with Crippen molar-refractivity contribution in [3.63, 3.8) is 0 Å². The number of halogens is 4. The predicted molar refractivity (Wildman–Crippen MR) is 131 cm³/mol. The third-order valence-corrected chi connectivity index (χ3v) is 7.11.